The highest BCUT2D eigenvalue weighted by molar-refractivity contribution is 5.91. The molecule has 1 unspecified atom stereocenters. The summed E-state index contributed by atoms with van der Waals surface area (Å²) in [6, 6.07) is 10.3. The molecular weight excluding hydrogens is 290 g/mol. The van der Waals surface area contributed by atoms with Crippen molar-refractivity contribution >= 4 is 11.7 Å². The fourth-order valence-electron chi connectivity index (χ4n) is 2.81. The van der Waals surface area contributed by atoms with Crippen molar-refractivity contribution in [2.45, 2.75) is 19.4 Å². The van der Waals surface area contributed by atoms with Gasteiger partial charge in [0.15, 0.2) is 12.0 Å². The number of imidazole rings is 1. The van der Waals surface area contributed by atoms with Gasteiger partial charge in [-0.25, -0.2) is 4.98 Å². The van der Waals surface area contributed by atoms with Crippen LogP contribution in [0.5, 0.6) is 0 Å². The van der Waals surface area contributed by atoms with Crippen LogP contribution < -0.4 is 5.32 Å². The Kier molecular flexibility index (Phi) is 4.29. The number of benzene rings is 1. The van der Waals surface area contributed by atoms with Crippen LogP contribution in [0.25, 0.3) is 0 Å². The molecule has 0 radical (unpaired) electrons. The Morgan fingerprint density at radius 2 is 2.22 bits per heavy atom. The average molecular weight is 309 g/mol. The second kappa shape index (κ2) is 6.53. The normalized spacial score (nSPS) is 18.4. The Labute approximate surface area is 135 Å². The number of amides is 1. The molecule has 1 saturated heterocycles. The van der Waals surface area contributed by atoms with Gasteiger partial charge in [0.2, 0.25) is 5.91 Å². The molecule has 1 fully saturated rings. The predicted octanol–water partition coefficient (Wildman–Crippen LogP) is 2.23. The van der Waals surface area contributed by atoms with Gasteiger partial charge < -0.3 is 14.8 Å². The molecule has 0 spiro atoms. The Bertz CT molecular complexity index is 718. The second-order valence-electron chi connectivity index (χ2n) is 5.81. The van der Waals surface area contributed by atoms with Crippen LogP contribution in [0.4, 0.5) is 5.82 Å². The minimum Gasteiger partial charge on any atom is -0.328 e. The largest absolute Gasteiger partial charge is 0.328 e. The van der Waals surface area contributed by atoms with Crippen molar-refractivity contribution in [3.05, 3.63) is 48.4 Å². The molecule has 0 aliphatic carbocycles. The lowest BCUT2D eigenvalue weighted by Crippen LogP contribution is -2.25. The molecule has 23 heavy (non-hydrogen) atoms. The van der Waals surface area contributed by atoms with Gasteiger partial charge in [-0.3, -0.25) is 4.79 Å². The number of nitrogens with one attached hydrogen (secondary N) is 1. The van der Waals surface area contributed by atoms with Gasteiger partial charge in [0.25, 0.3) is 0 Å². The Balaban J connectivity index is 1.64. The summed E-state index contributed by atoms with van der Waals surface area (Å²) in [5.41, 5.74) is 1.18. The number of carbonyl (C=O) groups is 1. The zero-order chi connectivity index (χ0) is 16.2. The number of hydrogen-bond acceptors (Lipinski definition) is 4. The maximum atomic E-state index is 12.2. The molecule has 0 saturated carbocycles. The standard InChI is InChI=1S/C17H19N5O/c1-13(14-5-3-2-4-6-14)22-10-16(19-12-22)20-17(23)15-7-8-21(9-15)11-18/h2-6,10,12-13,15H,7-9H2,1H3,(H,20,23)/t13?,15-/m0/s1. The maximum Gasteiger partial charge on any atom is 0.230 e. The third kappa shape index (κ3) is 3.34. The molecule has 6 nitrogen and oxygen atoms in total. The monoisotopic (exact) mass is 309 g/mol. The van der Waals surface area contributed by atoms with E-state index in [0.717, 1.165) is 0 Å². The fourth-order valence-corrected chi connectivity index (χ4v) is 2.81. The highest BCUT2D eigenvalue weighted by atomic mass is 16.2. The number of nitrogens with zero attached hydrogens (tertiary/aromatic N) is 4. The van der Waals surface area contributed by atoms with E-state index in [0.29, 0.717) is 25.3 Å². The SMILES string of the molecule is CC(c1ccccc1)n1cnc(NC(=O)[C@H]2CCN(C#N)C2)c1. The van der Waals surface area contributed by atoms with Gasteiger partial charge in [-0.1, -0.05) is 30.3 Å². The predicted molar refractivity (Wildman–Crippen MR) is 86.4 cm³/mol. The zero-order valence-corrected chi connectivity index (χ0v) is 13.0. The molecule has 1 amide bonds. The van der Waals surface area contributed by atoms with Crippen LogP contribution in [-0.2, 0) is 4.79 Å². The van der Waals surface area contributed by atoms with Crippen LogP contribution in [0.1, 0.15) is 24.9 Å². The van der Waals surface area contributed by atoms with E-state index in [1.54, 1.807) is 11.2 Å². The van der Waals surface area contributed by atoms with Crippen LogP contribution in [-0.4, -0.2) is 33.4 Å². The third-order valence-corrected chi connectivity index (χ3v) is 4.28. The topological polar surface area (TPSA) is 74.0 Å². The van der Waals surface area contributed by atoms with E-state index in [1.807, 2.05) is 29.0 Å². The average Bonchev–Trinajstić information content (AvgIpc) is 3.24. The molecular formula is C17H19N5O. The smallest absolute Gasteiger partial charge is 0.230 e. The molecule has 1 N–H and O–H groups in total. The molecule has 2 heterocycles. The summed E-state index contributed by atoms with van der Waals surface area (Å²) in [6.07, 6.45) is 6.36. The Morgan fingerprint density at radius 3 is 2.91 bits per heavy atom. The van der Waals surface area contributed by atoms with Crippen LogP contribution >= 0.6 is 0 Å². The molecule has 1 aromatic carbocycles. The number of anilines is 1. The van der Waals surface area contributed by atoms with E-state index in [4.69, 9.17) is 5.26 Å². The van der Waals surface area contributed by atoms with Gasteiger partial charge in [0.1, 0.15) is 0 Å². The first kappa shape index (κ1) is 15.1. The molecule has 2 aromatic rings. The summed E-state index contributed by atoms with van der Waals surface area (Å²) in [6.45, 7) is 3.22. The lowest BCUT2D eigenvalue weighted by molar-refractivity contribution is -0.119. The van der Waals surface area contributed by atoms with E-state index >= 15 is 0 Å². The van der Waals surface area contributed by atoms with E-state index in [9.17, 15) is 4.79 Å². The molecule has 6 heteroatoms. The minimum atomic E-state index is -0.147. The van der Waals surface area contributed by atoms with Crippen LogP contribution in [0.15, 0.2) is 42.9 Å². The lowest BCUT2D eigenvalue weighted by atomic mass is 10.1. The van der Waals surface area contributed by atoms with Gasteiger partial charge in [-0.05, 0) is 18.9 Å². The van der Waals surface area contributed by atoms with E-state index in [-0.39, 0.29) is 17.9 Å². The van der Waals surface area contributed by atoms with Crippen molar-refractivity contribution < 1.29 is 4.79 Å². The quantitative estimate of drug-likeness (QED) is 0.879. The Hall–Kier alpha value is -2.81. The molecule has 1 aliphatic rings. The molecule has 2 atom stereocenters. The highest BCUT2D eigenvalue weighted by Crippen LogP contribution is 2.20. The summed E-state index contributed by atoms with van der Waals surface area (Å²) in [4.78, 5) is 18.1. The molecule has 0 bridgehead atoms. The summed E-state index contributed by atoms with van der Waals surface area (Å²) in [7, 11) is 0. The van der Waals surface area contributed by atoms with Crippen molar-refractivity contribution in [1.29, 1.82) is 5.26 Å². The van der Waals surface area contributed by atoms with E-state index in [2.05, 4.69) is 35.6 Å². The first-order chi connectivity index (χ1) is 11.2. The third-order valence-electron chi connectivity index (χ3n) is 4.28. The van der Waals surface area contributed by atoms with Crippen molar-refractivity contribution in [3.63, 3.8) is 0 Å². The van der Waals surface area contributed by atoms with E-state index < -0.39 is 0 Å². The molecule has 118 valence electrons. The number of hydrogen-bond donors (Lipinski definition) is 1. The van der Waals surface area contributed by atoms with Crippen molar-refractivity contribution in [3.8, 4) is 6.19 Å². The van der Waals surface area contributed by atoms with Crippen molar-refractivity contribution in [2.75, 3.05) is 18.4 Å². The number of likely N-dealkylation sites (tertiary alicyclic amines) is 1. The highest BCUT2D eigenvalue weighted by Gasteiger charge is 2.28. The Morgan fingerprint density at radius 1 is 1.43 bits per heavy atom. The minimum absolute atomic E-state index is 0.0691. The number of carbonyl (C=O) groups excluding carboxylic acids is 1. The number of nitriles is 1. The van der Waals surface area contributed by atoms with Gasteiger partial charge >= 0.3 is 0 Å². The zero-order valence-electron chi connectivity index (χ0n) is 13.0. The number of aromatic nitrogens is 2. The van der Waals surface area contributed by atoms with Crippen LogP contribution in [0.3, 0.4) is 0 Å². The summed E-state index contributed by atoms with van der Waals surface area (Å²) in [5, 5.41) is 11.7. The first-order valence-electron chi connectivity index (χ1n) is 7.71. The van der Waals surface area contributed by atoms with Gasteiger partial charge in [0.05, 0.1) is 18.3 Å². The van der Waals surface area contributed by atoms with Gasteiger partial charge in [-0.15, -0.1) is 0 Å². The summed E-state index contributed by atoms with van der Waals surface area (Å²) < 4.78 is 1.97. The van der Waals surface area contributed by atoms with Gasteiger partial charge in [-0.2, -0.15) is 5.26 Å². The molecule has 1 aliphatic heterocycles. The summed E-state index contributed by atoms with van der Waals surface area (Å²) in [5.74, 6) is 0.333. The summed E-state index contributed by atoms with van der Waals surface area (Å²) >= 11 is 0. The second-order valence-corrected chi connectivity index (χ2v) is 5.81. The van der Waals surface area contributed by atoms with Crippen molar-refractivity contribution in [1.82, 2.24) is 14.5 Å². The maximum absolute atomic E-state index is 12.2. The molecule has 1 aromatic heterocycles. The lowest BCUT2D eigenvalue weighted by Gasteiger charge is -2.13. The van der Waals surface area contributed by atoms with Crippen molar-refractivity contribution in [2.24, 2.45) is 5.92 Å². The van der Waals surface area contributed by atoms with E-state index in [1.165, 1.54) is 5.56 Å². The first-order valence-corrected chi connectivity index (χ1v) is 7.71. The van der Waals surface area contributed by atoms with Crippen LogP contribution in [0.2, 0.25) is 0 Å². The number of rotatable bonds is 4. The van der Waals surface area contributed by atoms with Crippen LogP contribution in [0, 0.1) is 17.4 Å². The fraction of sp³-hybridized carbons (Fsp3) is 0.353. The molecule has 3 rings (SSSR count). The van der Waals surface area contributed by atoms with Gasteiger partial charge in [0, 0.05) is 19.3 Å².